The number of halogens is 1. The molecule has 0 fully saturated rings. The van der Waals surface area contributed by atoms with Crippen LogP contribution in [0.25, 0.3) is 10.8 Å². The summed E-state index contributed by atoms with van der Waals surface area (Å²) >= 11 is 3.47. The summed E-state index contributed by atoms with van der Waals surface area (Å²) in [7, 11) is 1.64. The van der Waals surface area contributed by atoms with E-state index in [0.717, 1.165) is 21.0 Å². The number of methoxy groups -OCH3 is 1. The van der Waals surface area contributed by atoms with E-state index in [9.17, 15) is 4.79 Å². The molecule has 0 aromatic heterocycles. The van der Waals surface area contributed by atoms with E-state index in [2.05, 4.69) is 15.9 Å². The van der Waals surface area contributed by atoms with Crippen molar-refractivity contribution in [2.45, 2.75) is 6.92 Å². The van der Waals surface area contributed by atoms with Crippen LogP contribution in [0.15, 0.2) is 34.8 Å². The fraction of sp³-hybridized carbons (Fsp3) is 0.154. The van der Waals surface area contributed by atoms with Crippen molar-refractivity contribution < 1.29 is 9.53 Å². The third-order valence-corrected chi connectivity index (χ3v) is 3.39. The number of hydrogen-bond acceptors (Lipinski definition) is 2. The summed E-state index contributed by atoms with van der Waals surface area (Å²) in [5.41, 5.74) is 0.706. The number of ether oxygens (including phenoxy) is 1. The van der Waals surface area contributed by atoms with E-state index >= 15 is 0 Å². The minimum absolute atomic E-state index is 0.0598. The Hall–Kier alpha value is -1.35. The zero-order valence-corrected chi connectivity index (χ0v) is 10.7. The van der Waals surface area contributed by atoms with E-state index < -0.39 is 0 Å². The standard InChI is InChI=1S/C13H11BrO2/c1-8(15)11-5-3-9-7-10(16-2)4-6-12(9)13(11)14/h3-7H,1-2H3. The number of rotatable bonds is 2. The maximum absolute atomic E-state index is 11.4. The molecule has 0 saturated carbocycles. The second-order valence-electron chi connectivity index (χ2n) is 3.57. The highest BCUT2D eigenvalue weighted by atomic mass is 79.9. The van der Waals surface area contributed by atoms with Crippen molar-refractivity contribution >= 4 is 32.5 Å². The van der Waals surface area contributed by atoms with Gasteiger partial charge in [-0.1, -0.05) is 6.07 Å². The van der Waals surface area contributed by atoms with Crippen molar-refractivity contribution in [3.63, 3.8) is 0 Å². The van der Waals surface area contributed by atoms with Gasteiger partial charge in [-0.05, 0) is 57.9 Å². The van der Waals surface area contributed by atoms with Crippen molar-refractivity contribution in [2.75, 3.05) is 7.11 Å². The monoisotopic (exact) mass is 278 g/mol. The van der Waals surface area contributed by atoms with Crippen LogP contribution >= 0.6 is 15.9 Å². The van der Waals surface area contributed by atoms with Gasteiger partial charge in [-0.15, -0.1) is 0 Å². The van der Waals surface area contributed by atoms with Gasteiger partial charge in [0.05, 0.1) is 7.11 Å². The van der Waals surface area contributed by atoms with Crippen LogP contribution in [0.1, 0.15) is 17.3 Å². The highest BCUT2D eigenvalue weighted by Crippen LogP contribution is 2.30. The maximum atomic E-state index is 11.4. The third kappa shape index (κ3) is 1.83. The lowest BCUT2D eigenvalue weighted by molar-refractivity contribution is 0.101. The zero-order chi connectivity index (χ0) is 11.7. The van der Waals surface area contributed by atoms with E-state index in [4.69, 9.17) is 4.74 Å². The summed E-state index contributed by atoms with van der Waals surface area (Å²) in [6, 6.07) is 9.54. The Balaban J connectivity index is 2.71. The Morgan fingerprint density at radius 3 is 2.62 bits per heavy atom. The van der Waals surface area contributed by atoms with E-state index in [1.807, 2.05) is 30.3 Å². The van der Waals surface area contributed by atoms with Crippen LogP contribution in [0.3, 0.4) is 0 Å². The minimum Gasteiger partial charge on any atom is -0.497 e. The fourth-order valence-electron chi connectivity index (χ4n) is 1.67. The summed E-state index contributed by atoms with van der Waals surface area (Å²) in [5.74, 6) is 0.875. The first-order valence-electron chi connectivity index (χ1n) is 4.90. The van der Waals surface area contributed by atoms with Crippen molar-refractivity contribution in [3.05, 3.63) is 40.4 Å². The predicted molar refractivity (Wildman–Crippen MR) is 68.2 cm³/mol. The number of hydrogen-bond donors (Lipinski definition) is 0. The molecule has 0 aliphatic rings. The Morgan fingerprint density at radius 1 is 1.25 bits per heavy atom. The lowest BCUT2D eigenvalue weighted by Crippen LogP contribution is -1.94. The molecule has 0 amide bonds. The van der Waals surface area contributed by atoms with Gasteiger partial charge < -0.3 is 4.74 Å². The molecule has 16 heavy (non-hydrogen) atoms. The molecular formula is C13H11BrO2. The van der Waals surface area contributed by atoms with E-state index in [0.29, 0.717) is 5.56 Å². The molecule has 82 valence electrons. The topological polar surface area (TPSA) is 26.3 Å². The second kappa shape index (κ2) is 4.26. The van der Waals surface area contributed by atoms with Gasteiger partial charge in [-0.2, -0.15) is 0 Å². The summed E-state index contributed by atoms with van der Waals surface area (Å²) < 4.78 is 6.00. The Labute approximate surface area is 102 Å². The number of Topliss-reactive ketones (excluding diaryl/α,β-unsaturated/α-hetero) is 1. The Morgan fingerprint density at radius 2 is 2.00 bits per heavy atom. The average molecular weight is 279 g/mol. The van der Waals surface area contributed by atoms with Gasteiger partial charge in [0.2, 0.25) is 0 Å². The average Bonchev–Trinajstić information content (AvgIpc) is 2.28. The predicted octanol–water partition coefficient (Wildman–Crippen LogP) is 3.81. The first-order valence-corrected chi connectivity index (χ1v) is 5.70. The van der Waals surface area contributed by atoms with E-state index in [-0.39, 0.29) is 5.78 Å². The molecule has 0 atom stereocenters. The van der Waals surface area contributed by atoms with Gasteiger partial charge in [0.25, 0.3) is 0 Å². The number of carbonyl (C=O) groups is 1. The van der Waals surface area contributed by atoms with Crippen molar-refractivity contribution in [3.8, 4) is 5.75 Å². The molecule has 0 heterocycles. The van der Waals surface area contributed by atoms with Gasteiger partial charge >= 0.3 is 0 Å². The number of carbonyl (C=O) groups excluding carboxylic acids is 1. The van der Waals surface area contributed by atoms with Crippen LogP contribution in [-0.2, 0) is 0 Å². The van der Waals surface area contributed by atoms with Gasteiger partial charge in [0.15, 0.2) is 5.78 Å². The minimum atomic E-state index is 0.0598. The van der Waals surface area contributed by atoms with Gasteiger partial charge in [0, 0.05) is 10.0 Å². The Bertz CT molecular complexity index is 561. The fourth-order valence-corrected chi connectivity index (χ4v) is 2.44. The second-order valence-corrected chi connectivity index (χ2v) is 4.36. The van der Waals surface area contributed by atoms with Crippen LogP contribution in [0.5, 0.6) is 5.75 Å². The largest absolute Gasteiger partial charge is 0.497 e. The lowest BCUT2D eigenvalue weighted by Gasteiger charge is -2.07. The molecule has 0 radical (unpaired) electrons. The molecule has 0 N–H and O–H groups in total. The number of benzene rings is 2. The molecule has 3 heteroatoms. The zero-order valence-electron chi connectivity index (χ0n) is 9.08. The Kier molecular flexibility index (Phi) is 2.97. The van der Waals surface area contributed by atoms with Crippen LogP contribution < -0.4 is 4.74 Å². The van der Waals surface area contributed by atoms with Crippen LogP contribution in [0, 0.1) is 0 Å². The molecule has 0 aliphatic carbocycles. The normalized spacial score (nSPS) is 10.4. The molecule has 0 bridgehead atoms. The summed E-state index contributed by atoms with van der Waals surface area (Å²) in [4.78, 5) is 11.4. The third-order valence-electron chi connectivity index (χ3n) is 2.54. The van der Waals surface area contributed by atoms with Crippen molar-refractivity contribution in [1.82, 2.24) is 0 Å². The molecule has 2 nitrogen and oxygen atoms in total. The van der Waals surface area contributed by atoms with Crippen molar-refractivity contribution in [2.24, 2.45) is 0 Å². The lowest BCUT2D eigenvalue weighted by atomic mass is 10.0. The van der Waals surface area contributed by atoms with Crippen LogP contribution in [0.2, 0.25) is 0 Å². The van der Waals surface area contributed by atoms with Crippen LogP contribution in [0.4, 0.5) is 0 Å². The molecule has 0 unspecified atom stereocenters. The molecule has 2 aromatic carbocycles. The quantitative estimate of drug-likeness (QED) is 0.781. The van der Waals surface area contributed by atoms with Gasteiger partial charge in [0.1, 0.15) is 5.75 Å². The maximum Gasteiger partial charge on any atom is 0.160 e. The molecular weight excluding hydrogens is 268 g/mol. The van der Waals surface area contributed by atoms with Crippen LogP contribution in [-0.4, -0.2) is 12.9 Å². The summed E-state index contributed by atoms with van der Waals surface area (Å²) in [5, 5.41) is 2.07. The summed E-state index contributed by atoms with van der Waals surface area (Å²) in [6.45, 7) is 1.56. The molecule has 0 spiro atoms. The molecule has 0 saturated heterocycles. The smallest absolute Gasteiger partial charge is 0.160 e. The van der Waals surface area contributed by atoms with Gasteiger partial charge in [-0.3, -0.25) is 4.79 Å². The SMILES string of the molecule is COc1ccc2c(Br)c(C(C)=O)ccc2c1. The molecule has 2 aromatic rings. The first kappa shape index (κ1) is 11.1. The van der Waals surface area contributed by atoms with Crippen molar-refractivity contribution in [1.29, 1.82) is 0 Å². The van der Waals surface area contributed by atoms with Gasteiger partial charge in [-0.25, -0.2) is 0 Å². The highest BCUT2D eigenvalue weighted by Gasteiger charge is 2.08. The van der Waals surface area contributed by atoms with E-state index in [1.54, 1.807) is 14.0 Å². The highest BCUT2D eigenvalue weighted by molar-refractivity contribution is 9.10. The summed E-state index contributed by atoms with van der Waals surface area (Å²) in [6.07, 6.45) is 0. The van der Waals surface area contributed by atoms with E-state index in [1.165, 1.54) is 0 Å². The molecule has 0 aliphatic heterocycles. The number of ketones is 1. The number of fused-ring (bicyclic) bond motifs is 1. The molecule has 2 rings (SSSR count). The first-order chi connectivity index (χ1) is 7.63.